The van der Waals surface area contributed by atoms with Crippen LogP contribution in [0.2, 0.25) is 5.02 Å². The number of ether oxygens (including phenoxy) is 1. The number of rotatable bonds is 7. The summed E-state index contributed by atoms with van der Waals surface area (Å²) >= 11 is 6.41. The fourth-order valence-corrected chi connectivity index (χ4v) is 3.95. The molecule has 0 spiro atoms. The van der Waals surface area contributed by atoms with Crippen LogP contribution in [0.3, 0.4) is 0 Å². The Kier molecular flexibility index (Phi) is 6.79. The van der Waals surface area contributed by atoms with Gasteiger partial charge in [-0.3, -0.25) is 0 Å². The lowest BCUT2D eigenvalue weighted by atomic mass is 9.85. The van der Waals surface area contributed by atoms with Crippen molar-refractivity contribution in [1.29, 1.82) is 0 Å². The number of anilines is 2. The molecule has 0 aliphatic carbocycles. The third kappa shape index (κ3) is 5.81. The molecule has 1 amide bonds. The summed E-state index contributed by atoms with van der Waals surface area (Å²) in [6.45, 7) is 6.03. The largest absolute Gasteiger partial charge is 0.487 e. The van der Waals surface area contributed by atoms with Crippen molar-refractivity contribution in [2.45, 2.75) is 33.4 Å². The minimum Gasteiger partial charge on any atom is -0.487 e. The Bertz CT molecular complexity index is 1370. The Hall–Kier alpha value is -3.85. The van der Waals surface area contributed by atoms with Gasteiger partial charge in [-0.05, 0) is 47.4 Å². The third-order valence-electron chi connectivity index (χ3n) is 5.36. The Morgan fingerprint density at radius 2 is 2.00 bits per heavy atom. The lowest BCUT2D eigenvalue weighted by Crippen LogP contribution is -2.35. The molecule has 182 valence electrons. The van der Waals surface area contributed by atoms with Crippen molar-refractivity contribution in [2.75, 3.05) is 5.32 Å². The SMILES string of the molecule is CC(C)(C)C(NC(=O)O)c1cc2ncnc(Nc3ccc(OCc4cccc(F)c4)c(Cl)c3)c2[nH]1. The van der Waals surface area contributed by atoms with Gasteiger partial charge >= 0.3 is 6.09 Å². The molecule has 1 unspecified atom stereocenters. The fourth-order valence-electron chi connectivity index (χ4n) is 3.71. The van der Waals surface area contributed by atoms with Gasteiger partial charge in [0.1, 0.15) is 30.0 Å². The highest BCUT2D eigenvalue weighted by atomic mass is 35.5. The van der Waals surface area contributed by atoms with Crippen LogP contribution < -0.4 is 15.4 Å². The normalized spacial score (nSPS) is 12.4. The first kappa shape index (κ1) is 24.3. The molecule has 10 heteroatoms. The maximum absolute atomic E-state index is 13.4. The maximum atomic E-state index is 13.4. The second-order valence-electron chi connectivity index (χ2n) is 9.14. The van der Waals surface area contributed by atoms with Crippen LogP contribution in [0.5, 0.6) is 5.75 Å². The molecule has 4 rings (SSSR count). The molecule has 0 aliphatic heterocycles. The number of carboxylic acid groups (broad SMARTS) is 1. The van der Waals surface area contributed by atoms with Crippen molar-refractivity contribution >= 4 is 40.2 Å². The number of amides is 1. The van der Waals surface area contributed by atoms with E-state index < -0.39 is 12.1 Å². The van der Waals surface area contributed by atoms with E-state index in [-0.39, 0.29) is 17.8 Å². The summed E-state index contributed by atoms with van der Waals surface area (Å²) in [7, 11) is 0. The fraction of sp³-hybridized carbons (Fsp3) is 0.240. The molecule has 0 bridgehead atoms. The zero-order valence-corrected chi connectivity index (χ0v) is 20.2. The van der Waals surface area contributed by atoms with Crippen LogP contribution in [0.4, 0.5) is 20.7 Å². The number of carbonyl (C=O) groups is 1. The predicted molar refractivity (Wildman–Crippen MR) is 133 cm³/mol. The molecule has 0 fully saturated rings. The first-order valence-corrected chi connectivity index (χ1v) is 11.2. The molecule has 0 saturated carbocycles. The maximum Gasteiger partial charge on any atom is 0.405 e. The monoisotopic (exact) mass is 497 g/mol. The summed E-state index contributed by atoms with van der Waals surface area (Å²) in [4.78, 5) is 23.3. The standard InChI is InChI=1S/C25H25ClFN5O3/c1-25(2,3)22(32-24(33)34)19-11-18-21(31-19)23(29-13-28-18)30-16-7-8-20(17(26)10-16)35-12-14-5-4-6-15(27)9-14/h4-11,13,22,31-32H,12H2,1-3H3,(H,33,34)(H,28,29,30). The lowest BCUT2D eigenvalue weighted by Gasteiger charge is -2.29. The molecule has 0 saturated heterocycles. The molecule has 4 N–H and O–H groups in total. The molecular formula is C25H25ClFN5O3. The second-order valence-corrected chi connectivity index (χ2v) is 9.55. The zero-order valence-electron chi connectivity index (χ0n) is 19.4. The quantitative estimate of drug-likeness (QED) is 0.234. The van der Waals surface area contributed by atoms with Crippen LogP contribution in [-0.2, 0) is 6.61 Å². The molecule has 8 nitrogen and oxygen atoms in total. The summed E-state index contributed by atoms with van der Waals surface area (Å²) in [5.74, 6) is 0.644. The predicted octanol–water partition coefficient (Wildman–Crippen LogP) is 6.43. The van der Waals surface area contributed by atoms with Gasteiger partial charge in [0.25, 0.3) is 0 Å². The first-order valence-electron chi connectivity index (χ1n) is 10.9. The number of nitrogens with zero attached hydrogens (tertiary/aromatic N) is 2. The number of benzene rings is 2. The first-order chi connectivity index (χ1) is 16.6. The third-order valence-corrected chi connectivity index (χ3v) is 5.66. The van der Waals surface area contributed by atoms with Gasteiger partial charge in [-0.15, -0.1) is 0 Å². The number of hydrogen-bond acceptors (Lipinski definition) is 5. The number of nitrogens with one attached hydrogen (secondary N) is 3. The molecule has 4 aromatic rings. The van der Waals surface area contributed by atoms with Crippen molar-refractivity contribution in [3.05, 3.63) is 77.0 Å². The number of H-pyrrole nitrogens is 1. The Labute approximate surface area is 206 Å². The average Bonchev–Trinajstić information content (AvgIpc) is 3.21. The lowest BCUT2D eigenvalue weighted by molar-refractivity contribution is 0.174. The Morgan fingerprint density at radius 3 is 2.69 bits per heavy atom. The van der Waals surface area contributed by atoms with Gasteiger partial charge in [0.05, 0.1) is 16.6 Å². The van der Waals surface area contributed by atoms with Crippen molar-refractivity contribution in [3.63, 3.8) is 0 Å². The van der Waals surface area contributed by atoms with E-state index in [0.29, 0.717) is 44.6 Å². The average molecular weight is 498 g/mol. The highest BCUT2D eigenvalue weighted by Crippen LogP contribution is 2.35. The Morgan fingerprint density at radius 1 is 1.20 bits per heavy atom. The van der Waals surface area contributed by atoms with E-state index in [1.165, 1.54) is 18.5 Å². The van der Waals surface area contributed by atoms with Crippen LogP contribution in [0.15, 0.2) is 54.9 Å². The highest BCUT2D eigenvalue weighted by molar-refractivity contribution is 6.32. The summed E-state index contributed by atoms with van der Waals surface area (Å²) in [6.07, 6.45) is 0.319. The van der Waals surface area contributed by atoms with Gasteiger partial charge < -0.3 is 25.5 Å². The number of aromatic amines is 1. The summed E-state index contributed by atoms with van der Waals surface area (Å²) in [6, 6.07) is 12.7. The minimum absolute atomic E-state index is 0.182. The highest BCUT2D eigenvalue weighted by Gasteiger charge is 2.29. The molecule has 2 aromatic heterocycles. The van der Waals surface area contributed by atoms with E-state index in [2.05, 4.69) is 25.6 Å². The number of halogens is 2. The van der Waals surface area contributed by atoms with Crippen LogP contribution >= 0.6 is 11.6 Å². The smallest absolute Gasteiger partial charge is 0.405 e. The number of aromatic nitrogens is 3. The van der Waals surface area contributed by atoms with Crippen molar-refractivity contribution in [1.82, 2.24) is 20.3 Å². The number of fused-ring (bicyclic) bond motifs is 1. The molecule has 35 heavy (non-hydrogen) atoms. The van der Waals surface area contributed by atoms with Crippen molar-refractivity contribution in [2.24, 2.45) is 5.41 Å². The molecular weight excluding hydrogens is 473 g/mol. The molecule has 0 aliphatic rings. The summed E-state index contributed by atoms with van der Waals surface area (Å²) < 4.78 is 19.1. The van der Waals surface area contributed by atoms with Crippen LogP contribution in [0.1, 0.15) is 38.1 Å². The van der Waals surface area contributed by atoms with E-state index in [9.17, 15) is 14.3 Å². The van der Waals surface area contributed by atoms with E-state index >= 15 is 0 Å². The summed E-state index contributed by atoms with van der Waals surface area (Å²) in [5, 5.41) is 15.5. The van der Waals surface area contributed by atoms with Gasteiger partial charge in [-0.1, -0.05) is 44.5 Å². The van der Waals surface area contributed by atoms with Gasteiger partial charge in [0.15, 0.2) is 5.82 Å². The molecule has 1 atom stereocenters. The minimum atomic E-state index is -1.11. The molecule has 2 heterocycles. The van der Waals surface area contributed by atoms with Crippen LogP contribution in [0, 0.1) is 11.2 Å². The van der Waals surface area contributed by atoms with E-state index in [0.717, 1.165) is 0 Å². The number of hydrogen-bond donors (Lipinski definition) is 4. The van der Waals surface area contributed by atoms with Crippen LogP contribution in [-0.4, -0.2) is 26.2 Å². The van der Waals surface area contributed by atoms with E-state index in [1.807, 2.05) is 26.8 Å². The molecule has 0 radical (unpaired) electrons. The molecule has 2 aromatic carbocycles. The second kappa shape index (κ2) is 9.79. The van der Waals surface area contributed by atoms with Crippen LogP contribution in [0.25, 0.3) is 11.0 Å². The Balaban J connectivity index is 1.55. The van der Waals surface area contributed by atoms with Gasteiger partial charge in [0, 0.05) is 11.4 Å². The zero-order chi connectivity index (χ0) is 25.2. The van der Waals surface area contributed by atoms with Gasteiger partial charge in [-0.25, -0.2) is 19.2 Å². The topological polar surface area (TPSA) is 112 Å². The van der Waals surface area contributed by atoms with Crippen molar-refractivity contribution < 1.29 is 19.0 Å². The van der Waals surface area contributed by atoms with E-state index in [1.54, 1.807) is 30.3 Å². The van der Waals surface area contributed by atoms with Gasteiger partial charge in [0.2, 0.25) is 0 Å². The summed E-state index contributed by atoms with van der Waals surface area (Å²) in [5.41, 5.74) is 2.93. The van der Waals surface area contributed by atoms with Gasteiger partial charge in [-0.2, -0.15) is 0 Å². The van der Waals surface area contributed by atoms with E-state index in [4.69, 9.17) is 16.3 Å². The van der Waals surface area contributed by atoms with Crippen molar-refractivity contribution in [3.8, 4) is 5.75 Å².